The monoisotopic (exact) mass is 365 g/mol. The SMILES string of the molecule is CC(C)n1ccc2c(-n3c(-c4ccc(O)cc4O)c[nH]c3=S)cccc21. The summed E-state index contributed by atoms with van der Waals surface area (Å²) in [5.41, 5.74) is 3.39. The minimum absolute atomic E-state index is 0.000300. The molecule has 0 saturated heterocycles. The molecule has 0 aliphatic carbocycles. The van der Waals surface area contributed by atoms with Crippen LogP contribution in [0.3, 0.4) is 0 Å². The van der Waals surface area contributed by atoms with Crippen molar-refractivity contribution in [2.24, 2.45) is 0 Å². The number of aromatic hydroxyl groups is 2. The summed E-state index contributed by atoms with van der Waals surface area (Å²) in [6.45, 7) is 4.29. The lowest BCUT2D eigenvalue weighted by molar-refractivity contribution is 0.451. The first-order chi connectivity index (χ1) is 12.5. The van der Waals surface area contributed by atoms with Crippen LogP contribution in [-0.4, -0.2) is 24.3 Å². The molecule has 4 rings (SSSR count). The average molecular weight is 365 g/mol. The molecule has 132 valence electrons. The van der Waals surface area contributed by atoms with Gasteiger partial charge in [-0.2, -0.15) is 0 Å². The number of H-pyrrole nitrogens is 1. The number of nitrogens with one attached hydrogen (secondary N) is 1. The minimum Gasteiger partial charge on any atom is -0.508 e. The summed E-state index contributed by atoms with van der Waals surface area (Å²) in [7, 11) is 0. The summed E-state index contributed by atoms with van der Waals surface area (Å²) < 4.78 is 4.67. The number of nitrogens with zero attached hydrogens (tertiary/aromatic N) is 2. The molecule has 4 aromatic rings. The van der Waals surface area contributed by atoms with Crippen LogP contribution in [-0.2, 0) is 0 Å². The Morgan fingerprint density at radius 2 is 1.88 bits per heavy atom. The highest BCUT2D eigenvalue weighted by atomic mass is 32.1. The van der Waals surface area contributed by atoms with Crippen molar-refractivity contribution in [1.82, 2.24) is 14.1 Å². The van der Waals surface area contributed by atoms with Gasteiger partial charge in [0.2, 0.25) is 0 Å². The smallest absolute Gasteiger partial charge is 0.182 e. The Morgan fingerprint density at radius 3 is 2.62 bits per heavy atom. The van der Waals surface area contributed by atoms with E-state index in [1.54, 1.807) is 18.3 Å². The molecule has 3 N–H and O–H groups in total. The molecule has 2 aromatic carbocycles. The molecule has 0 fully saturated rings. The zero-order valence-corrected chi connectivity index (χ0v) is 15.3. The second-order valence-electron chi connectivity index (χ2n) is 6.54. The predicted molar refractivity (Wildman–Crippen MR) is 106 cm³/mol. The van der Waals surface area contributed by atoms with Gasteiger partial charge in [-0.15, -0.1) is 0 Å². The molecule has 0 unspecified atom stereocenters. The van der Waals surface area contributed by atoms with Crippen molar-refractivity contribution in [3.63, 3.8) is 0 Å². The topological polar surface area (TPSA) is 66.1 Å². The number of rotatable bonds is 3. The standard InChI is InChI=1S/C20H19N3O2S/c1-12(2)22-9-8-14-16(22)4-3-5-17(14)23-18(11-21-20(23)26)15-7-6-13(24)10-19(15)25/h3-12,24-25H,1-2H3,(H,21,26). The van der Waals surface area contributed by atoms with E-state index >= 15 is 0 Å². The molecule has 5 nitrogen and oxygen atoms in total. The molecule has 26 heavy (non-hydrogen) atoms. The maximum atomic E-state index is 10.3. The van der Waals surface area contributed by atoms with Gasteiger partial charge < -0.3 is 19.8 Å². The number of hydrogen-bond acceptors (Lipinski definition) is 3. The fourth-order valence-electron chi connectivity index (χ4n) is 3.36. The van der Waals surface area contributed by atoms with Crippen LogP contribution >= 0.6 is 12.2 Å². The third-order valence-corrected chi connectivity index (χ3v) is 4.87. The fraction of sp³-hybridized carbons (Fsp3) is 0.150. The van der Waals surface area contributed by atoms with Gasteiger partial charge in [-0.1, -0.05) is 6.07 Å². The molecule has 0 atom stereocenters. The van der Waals surface area contributed by atoms with E-state index in [0.29, 0.717) is 16.4 Å². The predicted octanol–water partition coefficient (Wildman–Crippen LogP) is 5.15. The molecule has 6 heteroatoms. The largest absolute Gasteiger partial charge is 0.508 e. The first-order valence-corrected chi connectivity index (χ1v) is 8.81. The Labute approximate surface area is 155 Å². The molecule has 0 amide bonds. The van der Waals surface area contributed by atoms with Gasteiger partial charge in [0.25, 0.3) is 0 Å². The van der Waals surface area contributed by atoms with Crippen molar-refractivity contribution in [3.8, 4) is 28.4 Å². The fourth-order valence-corrected chi connectivity index (χ4v) is 3.62. The van der Waals surface area contributed by atoms with Gasteiger partial charge in [-0.25, -0.2) is 0 Å². The van der Waals surface area contributed by atoms with Crippen molar-refractivity contribution >= 4 is 23.1 Å². The van der Waals surface area contributed by atoms with Crippen molar-refractivity contribution in [2.75, 3.05) is 0 Å². The molecule has 0 aliphatic rings. The quantitative estimate of drug-likeness (QED) is 0.440. The minimum atomic E-state index is -0.000300. The van der Waals surface area contributed by atoms with E-state index in [0.717, 1.165) is 22.3 Å². The molecule has 0 saturated carbocycles. The van der Waals surface area contributed by atoms with Crippen LogP contribution in [0.2, 0.25) is 0 Å². The number of phenolic OH excluding ortho intramolecular Hbond substituents is 2. The van der Waals surface area contributed by atoms with Gasteiger partial charge in [0.15, 0.2) is 4.77 Å². The number of benzene rings is 2. The lowest BCUT2D eigenvalue weighted by Gasteiger charge is -2.13. The van der Waals surface area contributed by atoms with Crippen LogP contribution in [0, 0.1) is 4.77 Å². The van der Waals surface area contributed by atoms with Crippen molar-refractivity contribution < 1.29 is 10.2 Å². The van der Waals surface area contributed by atoms with Crippen LogP contribution in [0.5, 0.6) is 11.5 Å². The first-order valence-electron chi connectivity index (χ1n) is 8.40. The molecule has 2 heterocycles. The number of phenols is 2. The molecular formula is C20H19N3O2S. The Hall–Kier alpha value is -2.99. The Kier molecular flexibility index (Phi) is 3.85. The number of fused-ring (bicyclic) bond motifs is 1. The van der Waals surface area contributed by atoms with E-state index in [-0.39, 0.29) is 11.5 Å². The normalized spacial score (nSPS) is 11.5. The van der Waals surface area contributed by atoms with Gasteiger partial charge in [-0.3, -0.25) is 4.57 Å². The Bertz CT molecular complexity index is 1170. The number of imidazole rings is 1. The summed E-state index contributed by atoms with van der Waals surface area (Å²) in [5, 5.41) is 20.9. The van der Waals surface area contributed by atoms with Crippen LogP contribution in [0.4, 0.5) is 0 Å². The van der Waals surface area contributed by atoms with Gasteiger partial charge >= 0.3 is 0 Å². The number of aromatic nitrogens is 3. The first kappa shape index (κ1) is 16.5. The molecular weight excluding hydrogens is 346 g/mol. The van der Waals surface area contributed by atoms with Crippen LogP contribution in [0.25, 0.3) is 27.8 Å². The lowest BCUT2D eigenvalue weighted by atomic mass is 10.1. The zero-order valence-electron chi connectivity index (χ0n) is 14.5. The highest BCUT2D eigenvalue weighted by Crippen LogP contribution is 2.35. The van der Waals surface area contributed by atoms with Crippen molar-refractivity contribution in [1.29, 1.82) is 0 Å². The van der Waals surface area contributed by atoms with E-state index in [1.807, 2.05) is 16.7 Å². The highest BCUT2D eigenvalue weighted by Gasteiger charge is 2.16. The van der Waals surface area contributed by atoms with Gasteiger partial charge in [0.05, 0.1) is 16.9 Å². The summed E-state index contributed by atoms with van der Waals surface area (Å²) in [6, 6.07) is 13.1. The van der Waals surface area contributed by atoms with Crippen molar-refractivity contribution in [3.05, 3.63) is 59.6 Å². The summed E-state index contributed by atoms with van der Waals surface area (Å²) in [5.74, 6) is 0.0164. The molecule has 0 spiro atoms. The molecule has 0 bridgehead atoms. The lowest BCUT2D eigenvalue weighted by Crippen LogP contribution is -2.00. The third-order valence-electron chi connectivity index (χ3n) is 4.57. The van der Waals surface area contributed by atoms with E-state index < -0.39 is 0 Å². The molecule has 0 aliphatic heterocycles. The van der Waals surface area contributed by atoms with E-state index in [1.165, 1.54) is 6.07 Å². The van der Waals surface area contributed by atoms with Gasteiger partial charge in [0.1, 0.15) is 11.5 Å². The van der Waals surface area contributed by atoms with Crippen LogP contribution in [0.15, 0.2) is 54.9 Å². The van der Waals surface area contributed by atoms with E-state index in [9.17, 15) is 10.2 Å². The third kappa shape index (κ3) is 2.50. The van der Waals surface area contributed by atoms with Gasteiger partial charge in [0, 0.05) is 35.5 Å². The van der Waals surface area contributed by atoms with Crippen LogP contribution in [0.1, 0.15) is 19.9 Å². The van der Waals surface area contributed by atoms with Crippen LogP contribution < -0.4 is 0 Å². The zero-order chi connectivity index (χ0) is 18.4. The highest BCUT2D eigenvalue weighted by molar-refractivity contribution is 7.71. The summed E-state index contributed by atoms with van der Waals surface area (Å²) >= 11 is 5.51. The summed E-state index contributed by atoms with van der Waals surface area (Å²) in [4.78, 5) is 3.07. The Balaban J connectivity index is 2.00. The maximum absolute atomic E-state index is 10.3. The van der Waals surface area contributed by atoms with Gasteiger partial charge in [-0.05, 0) is 56.4 Å². The summed E-state index contributed by atoms with van der Waals surface area (Å²) in [6.07, 6.45) is 3.85. The maximum Gasteiger partial charge on any atom is 0.182 e. The number of aromatic amines is 1. The molecule has 0 radical (unpaired) electrons. The second-order valence-corrected chi connectivity index (χ2v) is 6.93. The molecule has 2 aromatic heterocycles. The van der Waals surface area contributed by atoms with E-state index in [2.05, 4.69) is 41.7 Å². The number of hydrogen-bond donors (Lipinski definition) is 3. The second kappa shape index (κ2) is 6.07. The van der Waals surface area contributed by atoms with E-state index in [4.69, 9.17) is 12.2 Å². The van der Waals surface area contributed by atoms with Crippen molar-refractivity contribution in [2.45, 2.75) is 19.9 Å². The Morgan fingerprint density at radius 1 is 1.08 bits per heavy atom. The average Bonchev–Trinajstić information content (AvgIpc) is 3.18.